The number of benzene rings is 1. The molecule has 1 aromatic carbocycles. The standard InChI is InChI=1S/C15H23F2NO2/c1-3-18-15(2,10-11-19)9-8-12-4-6-13(7-5-12)20-14(16)17/h4-7,14,18-19H,3,8-11H2,1-2H3. The molecule has 0 saturated heterocycles. The van der Waals surface area contributed by atoms with E-state index < -0.39 is 6.61 Å². The Kier molecular flexibility index (Phi) is 6.88. The van der Waals surface area contributed by atoms with E-state index in [9.17, 15) is 8.78 Å². The van der Waals surface area contributed by atoms with Crippen LogP contribution < -0.4 is 10.1 Å². The smallest absolute Gasteiger partial charge is 0.387 e. The summed E-state index contributed by atoms with van der Waals surface area (Å²) < 4.78 is 28.4. The van der Waals surface area contributed by atoms with E-state index >= 15 is 0 Å². The first-order valence-corrected chi connectivity index (χ1v) is 6.89. The van der Waals surface area contributed by atoms with Gasteiger partial charge in [-0.25, -0.2) is 0 Å². The molecule has 1 unspecified atom stereocenters. The number of aliphatic hydroxyl groups is 1. The summed E-state index contributed by atoms with van der Waals surface area (Å²) >= 11 is 0. The van der Waals surface area contributed by atoms with Gasteiger partial charge in [-0.15, -0.1) is 0 Å². The van der Waals surface area contributed by atoms with Gasteiger partial charge in [0, 0.05) is 12.1 Å². The van der Waals surface area contributed by atoms with Crippen molar-refractivity contribution in [1.82, 2.24) is 5.32 Å². The molecular formula is C15H23F2NO2. The quantitative estimate of drug-likeness (QED) is 0.733. The maximum Gasteiger partial charge on any atom is 0.387 e. The number of ether oxygens (including phenoxy) is 1. The largest absolute Gasteiger partial charge is 0.435 e. The molecule has 1 aromatic rings. The van der Waals surface area contributed by atoms with Crippen LogP contribution in [-0.4, -0.2) is 30.4 Å². The topological polar surface area (TPSA) is 41.5 Å². The Hall–Kier alpha value is -1.20. The predicted octanol–water partition coefficient (Wildman–Crippen LogP) is 2.97. The predicted molar refractivity (Wildman–Crippen MR) is 75.2 cm³/mol. The molecule has 0 saturated carbocycles. The number of nitrogens with one attached hydrogen (secondary N) is 1. The van der Waals surface area contributed by atoms with Gasteiger partial charge in [-0.05, 0) is 50.4 Å². The molecule has 0 spiro atoms. The molecular weight excluding hydrogens is 264 g/mol. The molecule has 1 atom stereocenters. The first-order valence-electron chi connectivity index (χ1n) is 6.89. The van der Waals surface area contributed by atoms with Crippen molar-refractivity contribution in [1.29, 1.82) is 0 Å². The summed E-state index contributed by atoms with van der Waals surface area (Å²) in [5, 5.41) is 12.5. The maximum absolute atomic E-state index is 12.0. The molecule has 0 aliphatic heterocycles. The summed E-state index contributed by atoms with van der Waals surface area (Å²) in [6.07, 6.45) is 2.38. The minimum absolute atomic E-state index is 0.109. The number of hydrogen-bond acceptors (Lipinski definition) is 3. The third kappa shape index (κ3) is 5.84. The normalized spacial score (nSPS) is 14.3. The van der Waals surface area contributed by atoms with E-state index in [-0.39, 0.29) is 17.9 Å². The monoisotopic (exact) mass is 287 g/mol. The van der Waals surface area contributed by atoms with Crippen molar-refractivity contribution in [2.75, 3.05) is 13.2 Å². The molecule has 0 aromatic heterocycles. The highest BCUT2D eigenvalue weighted by Crippen LogP contribution is 2.20. The van der Waals surface area contributed by atoms with Crippen molar-refractivity contribution in [3.63, 3.8) is 0 Å². The SMILES string of the molecule is CCNC(C)(CCO)CCc1ccc(OC(F)F)cc1. The number of alkyl halides is 2. The third-order valence-electron chi connectivity index (χ3n) is 3.38. The molecule has 0 fully saturated rings. The van der Waals surface area contributed by atoms with Crippen molar-refractivity contribution in [3.8, 4) is 5.75 Å². The Bertz CT molecular complexity index is 376. The number of aliphatic hydroxyl groups excluding tert-OH is 1. The van der Waals surface area contributed by atoms with Crippen LogP contribution in [0.3, 0.4) is 0 Å². The van der Waals surface area contributed by atoms with Crippen LogP contribution in [0.25, 0.3) is 0 Å². The summed E-state index contributed by atoms with van der Waals surface area (Å²) in [4.78, 5) is 0. The Morgan fingerprint density at radius 3 is 2.40 bits per heavy atom. The third-order valence-corrected chi connectivity index (χ3v) is 3.38. The summed E-state index contributed by atoms with van der Waals surface area (Å²) in [5.74, 6) is 0.175. The van der Waals surface area contributed by atoms with E-state index in [2.05, 4.69) is 17.0 Å². The average Bonchev–Trinajstić information content (AvgIpc) is 2.38. The molecule has 0 heterocycles. The van der Waals surface area contributed by atoms with E-state index in [0.29, 0.717) is 6.42 Å². The lowest BCUT2D eigenvalue weighted by Gasteiger charge is -2.30. The molecule has 20 heavy (non-hydrogen) atoms. The Labute approximate surface area is 119 Å². The zero-order valence-corrected chi connectivity index (χ0v) is 12.0. The van der Waals surface area contributed by atoms with Crippen LogP contribution in [0.1, 0.15) is 32.3 Å². The highest BCUT2D eigenvalue weighted by molar-refractivity contribution is 5.27. The lowest BCUT2D eigenvalue weighted by Crippen LogP contribution is -2.43. The fourth-order valence-electron chi connectivity index (χ4n) is 2.23. The van der Waals surface area contributed by atoms with Gasteiger partial charge in [-0.1, -0.05) is 19.1 Å². The van der Waals surface area contributed by atoms with Gasteiger partial charge < -0.3 is 15.2 Å². The molecule has 2 N–H and O–H groups in total. The molecule has 114 valence electrons. The average molecular weight is 287 g/mol. The second kappa shape index (κ2) is 8.17. The molecule has 0 radical (unpaired) electrons. The van der Waals surface area contributed by atoms with E-state index in [0.717, 1.165) is 24.9 Å². The van der Waals surface area contributed by atoms with Crippen molar-refractivity contribution < 1.29 is 18.6 Å². The van der Waals surface area contributed by atoms with Gasteiger partial charge in [0.05, 0.1) is 0 Å². The second-order valence-corrected chi connectivity index (χ2v) is 5.09. The van der Waals surface area contributed by atoms with Gasteiger partial charge in [-0.3, -0.25) is 0 Å². The van der Waals surface area contributed by atoms with Crippen LogP contribution >= 0.6 is 0 Å². The van der Waals surface area contributed by atoms with Crippen LogP contribution in [0.5, 0.6) is 5.75 Å². The first kappa shape index (κ1) is 16.9. The summed E-state index contributed by atoms with van der Waals surface area (Å²) in [7, 11) is 0. The van der Waals surface area contributed by atoms with E-state index in [1.807, 2.05) is 6.92 Å². The Morgan fingerprint density at radius 1 is 1.25 bits per heavy atom. The van der Waals surface area contributed by atoms with Gasteiger partial charge in [-0.2, -0.15) is 8.78 Å². The minimum Gasteiger partial charge on any atom is -0.435 e. The van der Waals surface area contributed by atoms with Crippen molar-refractivity contribution in [2.24, 2.45) is 0 Å². The first-order chi connectivity index (χ1) is 9.49. The van der Waals surface area contributed by atoms with Crippen LogP contribution in [0, 0.1) is 0 Å². The van der Waals surface area contributed by atoms with Crippen LogP contribution in [-0.2, 0) is 6.42 Å². The van der Waals surface area contributed by atoms with Gasteiger partial charge in [0.2, 0.25) is 0 Å². The number of hydrogen-bond donors (Lipinski definition) is 2. The molecule has 5 heteroatoms. The number of halogens is 2. The number of aryl methyl sites for hydroxylation is 1. The van der Waals surface area contributed by atoms with Gasteiger partial charge in [0.1, 0.15) is 5.75 Å². The summed E-state index contributed by atoms with van der Waals surface area (Å²) in [6, 6.07) is 6.70. The fraction of sp³-hybridized carbons (Fsp3) is 0.600. The lowest BCUT2D eigenvalue weighted by atomic mass is 9.90. The van der Waals surface area contributed by atoms with Crippen molar-refractivity contribution >= 4 is 0 Å². The van der Waals surface area contributed by atoms with Gasteiger partial charge in [0.15, 0.2) is 0 Å². The highest BCUT2D eigenvalue weighted by Gasteiger charge is 2.21. The van der Waals surface area contributed by atoms with Crippen molar-refractivity contribution in [2.45, 2.75) is 45.3 Å². The van der Waals surface area contributed by atoms with Crippen molar-refractivity contribution in [3.05, 3.63) is 29.8 Å². The molecule has 1 rings (SSSR count). The molecule has 0 aliphatic carbocycles. The van der Waals surface area contributed by atoms with Crippen LogP contribution in [0.2, 0.25) is 0 Å². The fourth-order valence-corrected chi connectivity index (χ4v) is 2.23. The van der Waals surface area contributed by atoms with Gasteiger partial charge in [0.25, 0.3) is 0 Å². The zero-order chi connectivity index (χ0) is 15.0. The highest BCUT2D eigenvalue weighted by atomic mass is 19.3. The minimum atomic E-state index is -2.79. The Balaban J connectivity index is 2.55. The van der Waals surface area contributed by atoms with E-state index in [1.54, 1.807) is 24.3 Å². The Morgan fingerprint density at radius 2 is 1.90 bits per heavy atom. The zero-order valence-electron chi connectivity index (χ0n) is 12.0. The van der Waals surface area contributed by atoms with Gasteiger partial charge >= 0.3 is 6.61 Å². The lowest BCUT2D eigenvalue weighted by molar-refractivity contribution is -0.0498. The van der Waals surface area contributed by atoms with Crippen LogP contribution in [0.15, 0.2) is 24.3 Å². The van der Waals surface area contributed by atoms with E-state index in [1.165, 1.54) is 0 Å². The molecule has 0 bridgehead atoms. The second-order valence-electron chi connectivity index (χ2n) is 5.09. The van der Waals surface area contributed by atoms with E-state index in [4.69, 9.17) is 5.11 Å². The number of rotatable bonds is 9. The molecule has 3 nitrogen and oxygen atoms in total. The summed E-state index contributed by atoms with van der Waals surface area (Å²) in [5.41, 5.74) is 0.954. The van der Waals surface area contributed by atoms with Crippen LogP contribution in [0.4, 0.5) is 8.78 Å². The molecule has 0 aliphatic rings. The maximum atomic E-state index is 12.0. The summed E-state index contributed by atoms with van der Waals surface area (Å²) in [6.45, 7) is 2.32. The molecule has 0 amide bonds.